The second-order valence-electron chi connectivity index (χ2n) is 6.39. The lowest BCUT2D eigenvalue weighted by atomic mass is 9.87. The number of carbonyl (C=O) groups excluding carboxylic acids is 1. The average molecular weight is 304 g/mol. The van der Waals surface area contributed by atoms with Crippen LogP contribution in [0.15, 0.2) is 30.3 Å². The molecule has 2 atom stereocenters. The molecule has 1 aliphatic heterocycles. The van der Waals surface area contributed by atoms with Gasteiger partial charge in [0.2, 0.25) is 5.91 Å². The number of aliphatic hydroxyl groups is 1. The van der Waals surface area contributed by atoms with Crippen molar-refractivity contribution in [1.82, 2.24) is 4.90 Å². The Morgan fingerprint density at radius 1 is 1.36 bits per heavy atom. The van der Waals surface area contributed by atoms with Crippen molar-refractivity contribution in [2.45, 2.75) is 51.7 Å². The van der Waals surface area contributed by atoms with Gasteiger partial charge >= 0.3 is 0 Å². The molecule has 2 unspecified atom stereocenters. The Balaban J connectivity index is 2.26. The molecule has 1 fully saturated rings. The van der Waals surface area contributed by atoms with Gasteiger partial charge < -0.3 is 14.9 Å². The van der Waals surface area contributed by atoms with Gasteiger partial charge in [-0.3, -0.25) is 4.79 Å². The molecule has 122 valence electrons. The van der Waals surface area contributed by atoms with Gasteiger partial charge in [0.1, 0.15) is 0 Å². The van der Waals surface area contributed by atoms with Crippen molar-refractivity contribution >= 4 is 11.6 Å². The van der Waals surface area contributed by atoms with Gasteiger partial charge in [0.25, 0.3) is 0 Å². The number of β-amino-alcohol motifs (C(OH)–C–C–N with tert-alkyl or cyclic N) is 1. The number of piperidine rings is 1. The third kappa shape index (κ3) is 3.68. The van der Waals surface area contributed by atoms with E-state index in [2.05, 4.69) is 11.8 Å². The number of para-hydroxylation sites is 1. The summed E-state index contributed by atoms with van der Waals surface area (Å²) in [5.41, 5.74) is -0.0164. The van der Waals surface area contributed by atoms with E-state index in [9.17, 15) is 9.90 Å². The number of rotatable bonds is 5. The van der Waals surface area contributed by atoms with Crippen molar-refractivity contribution in [1.29, 1.82) is 0 Å². The van der Waals surface area contributed by atoms with Gasteiger partial charge in [0, 0.05) is 25.2 Å². The predicted molar refractivity (Wildman–Crippen MR) is 90.0 cm³/mol. The van der Waals surface area contributed by atoms with Crippen molar-refractivity contribution in [2.75, 3.05) is 24.5 Å². The molecule has 1 amide bonds. The molecule has 1 heterocycles. The molecule has 0 aliphatic carbocycles. The van der Waals surface area contributed by atoms with Crippen molar-refractivity contribution in [3.63, 3.8) is 0 Å². The zero-order valence-corrected chi connectivity index (χ0v) is 14.0. The van der Waals surface area contributed by atoms with Crippen molar-refractivity contribution in [3.8, 4) is 0 Å². The van der Waals surface area contributed by atoms with Crippen LogP contribution in [-0.4, -0.2) is 47.2 Å². The minimum absolute atomic E-state index is 0.0698. The van der Waals surface area contributed by atoms with Gasteiger partial charge in [-0.25, -0.2) is 0 Å². The fourth-order valence-electron chi connectivity index (χ4n) is 3.42. The minimum Gasteiger partial charge on any atom is -0.387 e. The van der Waals surface area contributed by atoms with Crippen molar-refractivity contribution in [2.24, 2.45) is 0 Å². The molecule has 1 N–H and O–H groups in total. The van der Waals surface area contributed by atoms with E-state index in [4.69, 9.17) is 0 Å². The summed E-state index contributed by atoms with van der Waals surface area (Å²) in [5.74, 6) is 0.0698. The number of nitrogens with zero attached hydrogens (tertiary/aromatic N) is 2. The Hall–Kier alpha value is -1.39. The average Bonchev–Trinajstić information content (AvgIpc) is 2.50. The SMILES string of the molecule is CCCN1CCC(N(C(=O)CC)c2ccccc2)C(C)(O)C1. The van der Waals surface area contributed by atoms with Gasteiger partial charge in [0.15, 0.2) is 0 Å². The highest BCUT2D eigenvalue weighted by molar-refractivity contribution is 5.94. The number of hydrogen-bond acceptors (Lipinski definition) is 3. The highest BCUT2D eigenvalue weighted by Gasteiger charge is 2.42. The Bertz CT molecular complexity index is 487. The number of benzene rings is 1. The monoisotopic (exact) mass is 304 g/mol. The van der Waals surface area contributed by atoms with Crippen LogP contribution in [0.3, 0.4) is 0 Å². The van der Waals surface area contributed by atoms with Gasteiger partial charge in [0.05, 0.1) is 11.6 Å². The number of hydrogen-bond donors (Lipinski definition) is 1. The van der Waals surface area contributed by atoms with Crippen LogP contribution in [0.1, 0.15) is 40.0 Å². The summed E-state index contributed by atoms with van der Waals surface area (Å²) in [5, 5.41) is 11.0. The second-order valence-corrected chi connectivity index (χ2v) is 6.39. The van der Waals surface area contributed by atoms with E-state index in [1.54, 1.807) is 0 Å². The quantitative estimate of drug-likeness (QED) is 0.909. The first-order chi connectivity index (χ1) is 10.5. The maximum atomic E-state index is 12.5. The topological polar surface area (TPSA) is 43.8 Å². The molecule has 0 aromatic heterocycles. The Morgan fingerprint density at radius 3 is 2.59 bits per heavy atom. The fourth-order valence-corrected chi connectivity index (χ4v) is 3.42. The summed E-state index contributed by atoms with van der Waals surface area (Å²) in [6.07, 6.45) is 2.32. The summed E-state index contributed by atoms with van der Waals surface area (Å²) >= 11 is 0. The van der Waals surface area contributed by atoms with Crippen LogP contribution >= 0.6 is 0 Å². The third-order valence-electron chi connectivity index (χ3n) is 4.44. The molecule has 0 bridgehead atoms. The zero-order valence-electron chi connectivity index (χ0n) is 14.0. The molecule has 0 saturated carbocycles. The van der Waals surface area contributed by atoms with Gasteiger partial charge in [-0.05, 0) is 38.4 Å². The molecule has 2 rings (SSSR count). The molecule has 1 aromatic carbocycles. The van der Waals surface area contributed by atoms with Crippen LogP contribution < -0.4 is 4.90 Å². The molecular weight excluding hydrogens is 276 g/mol. The highest BCUT2D eigenvalue weighted by atomic mass is 16.3. The van der Waals surface area contributed by atoms with E-state index < -0.39 is 5.60 Å². The van der Waals surface area contributed by atoms with Crippen LogP contribution in [-0.2, 0) is 4.79 Å². The van der Waals surface area contributed by atoms with Crippen molar-refractivity contribution < 1.29 is 9.90 Å². The summed E-state index contributed by atoms with van der Waals surface area (Å²) in [6.45, 7) is 8.42. The standard InChI is InChI=1S/C18H28N2O2/c1-4-12-19-13-11-16(18(3,22)14-19)20(17(21)5-2)15-9-7-6-8-10-15/h6-10,16,22H,4-5,11-14H2,1-3H3. The highest BCUT2D eigenvalue weighted by Crippen LogP contribution is 2.30. The van der Waals surface area contributed by atoms with Crippen molar-refractivity contribution in [3.05, 3.63) is 30.3 Å². The molecule has 0 radical (unpaired) electrons. The molecular formula is C18H28N2O2. The number of likely N-dealkylation sites (tertiary alicyclic amines) is 1. The van der Waals surface area contributed by atoms with Crippen LogP contribution in [0.5, 0.6) is 0 Å². The molecule has 22 heavy (non-hydrogen) atoms. The summed E-state index contributed by atoms with van der Waals surface area (Å²) in [6, 6.07) is 9.54. The van der Waals surface area contributed by atoms with E-state index in [1.165, 1.54) is 0 Å². The normalized spacial score (nSPS) is 25.9. The van der Waals surface area contributed by atoms with Gasteiger partial charge in [-0.15, -0.1) is 0 Å². The Morgan fingerprint density at radius 2 is 2.05 bits per heavy atom. The Kier molecular flexibility index (Phi) is 5.59. The zero-order chi connectivity index (χ0) is 16.2. The molecule has 0 spiro atoms. The van der Waals surface area contributed by atoms with Crippen LogP contribution in [0.25, 0.3) is 0 Å². The lowest BCUT2D eigenvalue weighted by Crippen LogP contribution is -2.62. The summed E-state index contributed by atoms with van der Waals surface area (Å²) in [7, 11) is 0. The fraction of sp³-hybridized carbons (Fsp3) is 0.611. The Labute approximate surface area is 133 Å². The molecule has 1 aliphatic rings. The number of amides is 1. The molecule has 1 saturated heterocycles. The van der Waals surface area contributed by atoms with Gasteiger partial charge in [-0.1, -0.05) is 32.0 Å². The smallest absolute Gasteiger partial charge is 0.227 e. The van der Waals surface area contributed by atoms with E-state index in [-0.39, 0.29) is 11.9 Å². The lowest BCUT2D eigenvalue weighted by Gasteiger charge is -2.47. The first-order valence-electron chi connectivity index (χ1n) is 8.31. The van der Waals surface area contributed by atoms with Gasteiger partial charge in [-0.2, -0.15) is 0 Å². The van der Waals surface area contributed by atoms with Crippen LogP contribution in [0.4, 0.5) is 5.69 Å². The third-order valence-corrected chi connectivity index (χ3v) is 4.44. The maximum absolute atomic E-state index is 12.5. The first kappa shape index (κ1) is 17.0. The van der Waals surface area contributed by atoms with E-state index in [0.717, 1.165) is 31.6 Å². The maximum Gasteiger partial charge on any atom is 0.227 e. The van der Waals surface area contributed by atoms with E-state index >= 15 is 0 Å². The van der Waals surface area contributed by atoms with Crippen LogP contribution in [0.2, 0.25) is 0 Å². The summed E-state index contributed by atoms with van der Waals surface area (Å²) in [4.78, 5) is 16.6. The number of anilines is 1. The van der Waals surface area contributed by atoms with E-state index in [0.29, 0.717) is 13.0 Å². The second kappa shape index (κ2) is 7.25. The number of carbonyl (C=O) groups is 1. The predicted octanol–water partition coefficient (Wildman–Crippen LogP) is 2.66. The van der Waals surface area contributed by atoms with E-state index in [1.807, 2.05) is 49.1 Å². The molecule has 4 heteroatoms. The minimum atomic E-state index is -0.895. The lowest BCUT2D eigenvalue weighted by molar-refractivity contribution is -0.121. The molecule has 1 aromatic rings. The molecule has 4 nitrogen and oxygen atoms in total. The summed E-state index contributed by atoms with van der Waals surface area (Å²) < 4.78 is 0. The first-order valence-corrected chi connectivity index (χ1v) is 8.31. The largest absolute Gasteiger partial charge is 0.387 e. The van der Waals surface area contributed by atoms with Crippen LogP contribution in [0, 0.1) is 0 Å².